The van der Waals surface area contributed by atoms with Gasteiger partial charge in [-0.15, -0.1) is 0 Å². The summed E-state index contributed by atoms with van der Waals surface area (Å²) in [5.74, 6) is -0.0561. The Balaban J connectivity index is 1.48. The first kappa shape index (κ1) is 27.2. The number of nitrogens with one attached hydrogen (secondary N) is 2. The third-order valence-corrected chi connectivity index (χ3v) is 6.15. The van der Waals surface area contributed by atoms with Crippen molar-refractivity contribution in [1.82, 2.24) is 10.7 Å². The highest BCUT2D eigenvalue weighted by Crippen LogP contribution is 2.29. The van der Waals surface area contributed by atoms with E-state index in [2.05, 4.69) is 15.8 Å². The van der Waals surface area contributed by atoms with Gasteiger partial charge < -0.3 is 14.8 Å². The Hall–Kier alpha value is -4.38. The van der Waals surface area contributed by atoms with E-state index < -0.39 is 22.5 Å². The zero-order valence-electron chi connectivity index (χ0n) is 20.5. The van der Waals surface area contributed by atoms with Crippen molar-refractivity contribution < 1.29 is 27.5 Å². The first-order valence-electron chi connectivity index (χ1n) is 11.2. The van der Waals surface area contributed by atoms with Crippen molar-refractivity contribution in [2.45, 2.75) is 6.54 Å². The molecule has 0 saturated carbocycles. The Kier molecular flexibility index (Phi) is 9.61. The number of para-hydroxylation sites is 2. The lowest BCUT2D eigenvalue weighted by Crippen LogP contribution is -2.39. The lowest BCUT2D eigenvalue weighted by atomic mass is 10.2. The second kappa shape index (κ2) is 13.1. The maximum atomic E-state index is 12.4. The van der Waals surface area contributed by atoms with Crippen molar-refractivity contribution in [2.24, 2.45) is 5.10 Å². The van der Waals surface area contributed by atoms with E-state index in [0.29, 0.717) is 23.6 Å². The Morgan fingerprint density at radius 3 is 2.30 bits per heavy atom. The summed E-state index contributed by atoms with van der Waals surface area (Å²) < 4.78 is 36.2. The fourth-order valence-electron chi connectivity index (χ4n) is 3.21. The van der Waals surface area contributed by atoms with Crippen LogP contribution in [0.15, 0.2) is 84.0 Å². The molecule has 37 heavy (non-hydrogen) atoms. The number of hydrazone groups is 1. The third kappa shape index (κ3) is 8.65. The summed E-state index contributed by atoms with van der Waals surface area (Å²) >= 11 is 0. The number of anilines is 1. The molecule has 194 valence electrons. The molecule has 0 radical (unpaired) electrons. The molecule has 0 aliphatic heterocycles. The molecule has 0 aromatic heterocycles. The van der Waals surface area contributed by atoms with E-state index in [9.17, 15) is 18.0 Å². The lowest BCUT2D eigenvalue weighted by molar-refractivity contribution is -0.123. The quantitative estimate of drug-likeness (QED) is 0.277. The topological polar surface area (TPSA) is 126 Å². The number of hydrogen-bond acceptors (Lipinski definition) is 7. The molecule has 0 bridgehead atoms. The average Bonchev–Trinajstić information content (AvgIpc) is 2.90. The minimum atomic E-state index is -3.76. The predicted molar refractivity (Wildman–Crippen MR) is 141 cm³/mol. The molecule has 0 atom stereocenters. The van der Waals surface area contributed by atoms with Crippen LogP contribution >= 0.6 is 0 Å². The maximum absolute atomic E-state index is 12.4. The van der Waals surface area contributed by atoms with Crippen LogP contribution in [0.2, 0.25) is 0 Å². The fourth-order valence-corrected chi connectivity index (χ4v) is 4.07. The smallest absolute Gasteiger partial charge is 0.260 e. The normalized spacial score (nSPS) is 11.1. The number of hydrogen-bond donors (Lipinski definition) is 2. The van der Waals surface area contributed by atoms with E-state index in [1.165, 1.54) is 13.3 Å². The highest BCUT2D eigenvalue weighted by molar-refractivity contribution is 7.92. The van der Waals surface area contributed by atoms with Crippen LogP contribution < -0.4 is 24.5 Å². The molecule has 0 saturated heterocycles. The van der Waals surface area contributed by atoms with Gasteiger partial charge in [0, 0.05) is 6.54 Å². The first-order chi connectivity index (χ1) is 17.8. The van der Waals surface area contributed by atoms with Gasteiger partial charge in [-0.05, 0) is 47.5 Å². The highest BCUT2D eigenvalue weighted by atomic mass is 32.2. The largest absolute Gasteiger partial charge is 0.495 e. The molecular weight excluding hydrogens is 496 g/mol. The van der Waals surface area contributed by atoms with Gasteiger partial charge in [0.15, 0.2) is 6.61 Å². The van der Waals surface area contributed by atoms with Crippen LogP contribution in [0.1, 0.15) is 11.1 Å². The summed E-state index contributed by atoms with van der Waals surface area (Å²) in [4.78, 5) is 24.4. The van der Waals surface area contributed by atoms with Crippen LogP contribution in [0, 0.1) is 0 Å². The van der Waals surface area contributed by atoms with Crippen molar-refractivity contribution in [1.29, 1.82) is 0 Å². The Bertz CT molecular complexity index is 1330. The Morgan fingerprint density at radius 1 is 0.946 bits per heavy atom. The minimum absolute atomic E-state index is 0.126. The summed E-state index contributed by atoms with van der Waals surface area (Å²) in [6.45, 7) is -0.181. The molecule has 2 amide bonds. The molecule has 0 aliphatic rings. The maximum Gasteiger partial charge on any atom is 0.260 e. The van der Waals surface area contributed by atoms with E-state index >= 15 is 0 Å². The summed E-state index contributed by atoms with van der Waals surface area (Å²) in [7, 11) is -2.34. The number of nitrogens with zero attached hydrogens (tertiary/aromatic N) is 2. The number of amides is 2. The minimum Gasteiger partial charge on any atom is -0.495 e. The monoisotopic (exact) mass is 524 g/mol. The SMILES string of the molecule is COc1ccccc1N(CC(=O)N/N=C\c1ccc(OCC(=O)NCc2ccccc2)cc1)S(C)(=O)=O. The summed E-state index contributed by atoms with van der Waals surface area (Å²) in [5, 5.41) is 6.67. The zero-order chi connectivity index (χ0) is 26.7. The van der Waals surface area contributed by atoms with E-state index in [4.69, 9.17) is 9.47 Å². The molecule has 11 heteroatoms. The van der Waals surface area contributed by atoms with Gasteiger partial charge in [0.05, 0.1) is 25.3 Å². The standard InChI is InChI=1S/C26H28N4O6S/c1-35-24-11-7-6-10-23(24)30(37(2,33)34)18-25(31)29-28-17-21-12-14-22(15-13-21)36-19-26(32)27-16-20-8-4-3-5-9-20/h3-15,17H,16,18-19H2,1-2H3,(H,27,32)(H,29,31)/b28-17-. The zero-order valence-corrected chi connectivity index (χ0v) is 21.3. The number of sulfonamides is 1. The number of benzene rings is 3. The van der Waals surface area contributed by atoms with Gasteiger partial charge in [0.1, 0.15) is 18.0 Å². The predicted octanol–water partition coefficient (Wildman–Crippen LogP) is 2.31. The number of carbonyl (C=O) groups excluding carboxylic acids is 2. The van der Waals surface area contributed by atoms with Crippen molar-refractivity contribution in [3.8, 4) is 11.5 Å². The van der Waals surface area contributed by atoms with Crippen LogP contribution in [0.4, 0.5) is 5.69 Å². The second-order valence-electron chi connectivity index (χ2n) is 7.85. The number of rotatable bonds is 12. The summed E-state index contributed by atoms with van der Waals surface area (Å²) in [6.07, 6.45) is 2.41. The highest BCUT2D eigenvalue weighted by Gasteiger charge is 2.23. The molecule has 10 nitrogen and oxygen atoms in total. The summed E-state index contributed by atoms with van der Waals surface area (Å²) in [5.41, 5.74) is 4.22. The average molecular weight is 525 g/mol. The molecule has 3 rings (SSSR count). The van der Waals surface area contributed by atoms with Crippen LogP contribution in [0.25, 0.3) is 0 Å². The van der Waals surface area contributed by atoms with Crippen molar-refractivity contribution in [3.05, 3.63) is 90.0 Å². The van der Waals surface area contributed by atoms with Crippen LogP contribution in [0.3, 0.4) is 0 Å². The van der Waals surface area contributed by atoms with E-state index in [-0.39, 0.29) is 18.2 Å². The van der Waals surface area contributed by atoms with E-state index in [1.807, 2.05) is 30.3 Å². The molecule has 3 aromatic rings. The molecule has 0 fully saturated rings. The first-order valence-corrected chi connectivity index (χ1v) is 13.1. The molecule has 0 spiro atoms. The van der Waals surface area contributed by atoms with Crippen LogP contribution in [-0.4, -0.2) is 53.0 Å². The van der Waals surface area contributed by atoms with Gasteiger partial charge in [-0.3, -0.25) is 13.9 Å². The molecule has 0 heterocycles. The molecule has 0 unspecified atom stereocenters. The summed E-state index contributed by atoms with van der Waals surface area (Å²) in [6, 6.07) is 22.8. The second-order valence-corrected chi connectivity index (χ2v) is 9.76. The Morgan fingerprint density at radius 2 is 1.62 bits per heavy atom. The van der Waals surface area contributed by atoms with Crippen molar-refractivity contribution in [2.75, 3.05) is 30.8 Å². The van der Waals surface area contributed by atoms with Gasteiger partial charge >= 0.3 is 0 Å². The molecule has 2 N–H and O–H groups in total. The van der Waals surface area contributed by atoms with Crippen LogP contribution in [-0.2, 0) is 26.2 Å². The van der Waals surface area contributed by atoms with Gasteiger partial charge in [0.2, 0.25) is 10.0 Å². The van der Waals surface area contributed by atoms with Gasteiger partial charge in [-0.25, -0.2) is 13.8 Å². The van der Waals surface area contributed by atoms with E-state index in [0.717, 1.165) is 16.1 Å². The Labute approximate surface area is 216 Å². The van der Waals surface area contributed by atoms with Gasteiger partial charge in [-0.2, -0.15) is 5.10 Å². The molecule has 3 aromatic carbocycles. The number of methoxy groups -OCH3 is 1. The van der Waals surface area contributed by atoms with E-state index in [1.54, 1.807) is 48.5 Å². The molecular formula is C26H28N4O6S. The van der Waals surface area contributed by atoms with Gasteiger partial charge in [0.25, 0.3) is 11.8 Å². The van der Waals surface area contributed by atoms with Crippen molar-refractivity contribution >= 4 is 33.7 Å². The lowest BCUT2D eigenvalue weighted by Gasteiger charge is -2.23. The van der Waals surface area contributed by atoms with Crippen LogP contribution in [0.5, 0.6) is 11.5 Å². The van der Waals surface area contributed by atoms with Crippen molar-refractivity contribution in [3.63, 3.8) is 0 Å². The third-order valence-electron chi connectivity index (χ3n) is 5.03. The van der Waals surface area contributed by atoms with Gasteiger partial charge in [-0.1, -0.05) is 42.5 Å². The molecule has 0 aliphatic carbocycles. The number of carbonyl (C=O) groups is 2. The number of ether oxygens (including phenoxy) is 2. The fraction of sp³-hybridized carbons (Fsp3) is 0.192.